The van der Waals surface area contributed by atoms with Crippen LogP contribution in [0.3, 0.4) is 0 Å². The third kappa shape index (κ3) is 5.69. The predicted octanol–water partition coefficient (Wildman–Crippen LogP) is 2.67. The van der Waals surface area contributed by atoms with Crippen LogP contribution < -0.4 is 28.6 Å². The van der Waals surface area contributed by atoms with Gasteiger partial charge in [-0.05, 0) is 19.1 Å². The predicted molar refractivity (Wildman–Crippen MR) is 124 cm³/mol. The minimum Gasteiger partial charge on any atom is -0.497 e. The SMILES string of the molecule is COc1cccc(N2CCN(CC(O)COc3cc(OC)c(OC)c(OC)c3)C(C)C2)c1. The Hall–Kier alpha value is -2.84. The van der Waals surface area contributed by atoms with Crippen molar-refractivity contribution in [3.05, 3.63) is 36.4 Å². The fourth-order valence-electron chi connectivity index (χ4n) is 3.96. The molecular formula is C24H34N2O6. The normalized spacial score (nSPS) is 17.6. The second kappa shape index (κ2) is 11.2. The second-order valence-electron chi connectivity index (χ2n) is 7.82. The highest BCUT2D eigenvalue weighted by Gasteiger charge is 2.26. The molecule has 2 aromatic carbocycles. The van der Waals surface area contributed by atoms with Crippen molar-refractivity contribution in [3.8, 4) is 28.7 Å². The molecule has 1 N–H and O–H groups in total. The smallest absolute Gasteiger partial charge is 0.203 e. The molecular weight excluding hydrogens is 412 g/mol. The van der Waals surface area contributed by atoms with E-state index < -0.39 is 6.10 Å². The van der Waals surface area contributed by atoms with Gasteiger partial charge in [-0.1, -0.05) is 6.07 Å². The fraction of sp³-hybridized carbons (Fsp3) is 0.500. The van der Waals surface area contributed by atoms with Gasteiger partial charge >= 0.3 is 0 Å². The Bertz CT molecular complexity index is 852. The van der Waals surface area contributed by atoms with Gasteiger partial charge in [-0.15, -0.1) is 0 Å². The molecule has 1 saturated heterocycles. The zero-order valence-corrected chi connectivity index (χ0v) is 19.5. The summed E-state index contributed by atoms with van der Waals surface area (Å²) in [4.78, 5) is 4.64. The molecule has 0 aromatic heterocycles. The Balaban J connectivity index is 1.54. The highest BCUT2D eigenvalue weighted by Crippen LogP contribution is 2.40. The van der Waals surface area contributed by atoms with Gasteiger partial charge in [0, 0.05) is 56.1 Å². The lowest BCUT2D eigenvalue weighted by molar-refractivity contribution is 0.0511. The molecule has 8 nitrogen and oxygen atoms in total. The van der Waals surface area contributed by atoms with Crippen molar-refractivity contribution < 1.29 is 28.8 Å². The van der Waals surface area contributed by atoms with E-state index in [-0.39, 0.29) is 6.61 Å². The van der Waals surface area contributed by atoms with Crippen LogP contribution in [0.1, 0.15) is 6.92 Å². The maximum absolute atomic E-state index is 10.6. The Morgan fingerprint density at radius 2 is 1.66 bits per heavy atom. The first-order valence-electron chi connectivity index (χ1n) is 10.7. The van der Waals surface area contributed by atoms with Crippen LogP contribution >= 0.6 is 0 Å². The van der Waals surface area contributed by atoms with Gasteiger partial charge in [0.15, 0.2) is 11.5 Å². The van der Waals surface area contributed by atoms with Crippen molar-refractivity contribution in [2.75, 3.05) is 66.1 Å². The number of anilines is 1. The molecule has 2 aromatic rings. The Morgan fingerprint density at radius 3 is 2.25 bits per heavy atom. The number of benzene rings is 2. The van der Waals surface area contributed by atoms with E-state index >= 15 is 0 Å². The van der Waals surface area contributed by atoms with Crippen molar-refractivity contribution in [1.29, 1.82) is 0 Å². The zero-order valence-electron chi connectivity index (χ0n) is 19.5. The molecule has 0 spiro atoms. The molecule has 2 unspecified atom stereocenters. The maximum Gasteiger partial charge on any atom is 0.203 e. The van der Waals surface area contributed by atoms with Gasteiger partial charge in [0.25, 0.3) is 0 Å². The second-order valence-corrected chi connectivity index (χ2v) is 7.82. The van der Waals surface area contributed by atoms with Gasteiger partial charge in [0.1, 0.15) is 24.2 Å². The summed E-state index contributed by atoms with van der Waals surface area (Å²) in [6, 6.07) is 11.9. The van der Waals surface area contributed by atoms with Crippen LogP contribution in [0.15, 0.2) is 36.4 Å². The molecule has 176 valence electrons. The van der Waals surface area contributed by atoms with Crippen molar-refractivity contribution in [3.63, 3.8) is 0 Å². The summed E-state index contributed by atoms with van der Waals surface area (Å²) in [6.07, 6.45) is -0.625. The molecule has 1 aliphatic heterocycles. The molecule has 1 heterocycles. The van der Waals surface area contributed by atoms with Crippen LogP contribution in [0.4, 0.5) is 5.69 Å². The minimum atomic E-state index is -0.625. The number of nitrogens with zero attached hydrogens (tertiary/aromatic N) is 2. The molecule has 0 saturated carbocycles. The van der Waals surface area contributed by atoms with E-state index in [4.69, 9.17) is 23.7 Å². The summed E-state index contributed by atoms with van der Waals surface area (Å²) in [6.45, 7) is 5.52. The van der Waals surface area contributed by atoms with Gasteiger partial charge in [-0.2, -0.15) is 0 Å². The average Bonchev–Trinajstić information content (AvgIpc) is 2.83. The standard InChI is InChI=1S/C24H34N2O6/c1-17-14-26(18-7-6-8-20(11-18)28-2)10-9-25(17)15-19(27)16-32-21-12-22(29-3)24(31-5)23(13-21)30-4/h6-8,11-13,17,19,27H,9-10,14-16H2,1-5H3. The molecule has 0 bridgehead atoms. The lowest BCUT2D eigenvalue weighted by Crippen LogP contribution is -2.54. The van der Waals surface area contributed by atoms with E-state index in [9.17, 15) is 5.11 Å². The van der Waals surface area contributed by atoms with Crippen molar-refractivity contribution in [2.45, 2.75) is 19.1 Å². The minimum absolute atomic E-state index is 0.168. The Labute approximate surface area is 190 Å². The Kier molecular flexibility index (Phi) is 8.30. The van der Waals surface area contributed by atoms with E-state index in [1.807, 2.05) is 12.1 Å². The highest BCUT2D eigenvalue weighted by atomic mass is 16.5. The van der Waals surface area contributed by atoms with Gasteiger partial charge in [-0.25, -0.2) is 0 Å². The van der Waals surface area contributed by atoms with Crippen LogP contribution in [0, 0.1) is 0 Å². The summed E-state index contributed by atoms with van der Waals surface area (Å²) < 4.78 is 27.2. The number of ether oxygens (including phenoxy) is 5. The number of aliphatic hydroxyl groups is 1. The van der Waals surface area contributed by atoms with Crippen LogP contribution in [-0.2, 0) is 0 Å². The first-order valence-corrected chi connectivity index (χ1v) is 10.7. The van der Waals surface area contributed by atoms with Gasteiger partial charge < -0.3 is 33.7 Å². The average molecular weight is 447 g/mol. The summed E-state index contributed by atoms with van der Waals surface area (Å²) >= 11 is 0. The van der Waals surface area contributed by atoms with Gasteiger partial charge in [0.05, 0.1) is 28.4 Å². The molecule has 0 radical (unpaired) electrons. The molecule has 8 heteroatoms. The number of piperazine rings is 1. The molecule has 1 aliphatic rings. The molecule has 0 amide bonds. The molecule has 3 rings (SSSR count). The summed E-state index contributed by atoms with van der Waals surface area (Å²) in [7, 11) is 6.35. The van der Waals surface area contributed by atoms with E-state index in [2.05, 4.69) is 28.9 Å². The van der Waals surface area contributed by atoms with Gasteiger partial charge in [-0.3, -0.25) is 4.90 Å². The van der Waals surface area contributed by atoms with Crippen LogP contribution in [0.2, 0.25) is 0 Å². The third-order valence-corrected chi connectivity index (χ3v) is 5.71. The number of methoxy groups -OCH3 is 4. The van der Waals surface area contributed by atoms with Crippen molar-refractivity contribution in [1.82, 2.24) is 4.90 Å². The lowest BCUT2D eigenvalue weighted by Gasteiger charge is -2.41. The Morgan fingerprint density at radius 1 is 0.938 bits per heavy atom. The maximum atomic E-state index is 10.6. The molecule has 0 aliphatic carbocycles. The van der Waals surface area contributed by atoms with E-state index in [1.165, 1.54) is 0 Å². The number of rotatable bonds is 10. The van der Waals surface area contributed by atoms with Crippen LogP contribution in [0.5, 0.6) is 28.7 Å². The third-order valence-electron chi connectivity index (χ3n) is 5.71. The monoisotopic (exact) mass is 446 g/mol. The summed E-state index contributed by atoms with van der Waals surface area (Å²) in [5.74, 6) is 2.94. The summed E-state index contributed by atoms with van der Waals surface area (Å²) in [5, 5.41) is 10.6. The van der Waals surface area contributed by atoms with Crippen LogP contribution in [0.25, 0.3) is 0 Å². The molecule has 32 heavy (non-hydrogen) atoms. The lowest BCUT2D eigenvalue weighted by atomic mass is 10.1. The number of hydrogen-bond acceptors (Lipinski definition) is 8. The zero-order chi connectivity index (χ0) is 23.1. The fourth-order valence-corrected chi connectivity index (χ4v) is 3.96. The molecule has 2 atom stereocenters. The quantitative estimate of drug-likeness (QED) is 0.597. The first-order chi connectivity index (χ1) is 15.5. The number of β-amino-alcohol motifs (C(OH)–C–C–N with tert-alkyl or cyclic N) is 1. The van der Waals surface area contributed by atoms with E-state index in [1.54, 1.807) is 40.6 Å². The summed E-state index contributed by atoms with van der Waals surface area (Å²) in [5.41, 5.74) is 1.15. The largest absolute Gasteiger partial charge is 0.497 e. The van der Waals surface area contributed by atoms with Gasteiger partial charge in [0.2, 0.25) is 5.75 Å². The first kappa shape index (κ1) is 23.8. The van der Waals surface area contributed by atoms with Crippen molar-refractivity contribution in [2.24, 2.45) is 0 Å². The number of hydrogen-bond donors (Lipinski definition) is 1. The van der Waals surface area contributed by atoms with Crippen LogP contribution in [-0.4, -0.2) is 83.4 Å². The highest BCUT2D eigenvalue weighted by molar-refractivity contribution is 5.56. The van der Waals surface area contributed by atoms with Crippen molar-refractivity contribution >= 4 is 5.69 Å². The number of aliphatic hydroxyl groups excluding tert-OH is 1. The molecule has 1 fully saturated rings. The topological polar surface area (TPSA) is 72.9 Å². The van der Waals surface area contributed by atoms with E-state index in [0.29, 0.717) is 35.6 Å². The van der Waals surface area contributed by atoms with E-state index in [0.717, 1.165) is 31.1 Å².